The van der Waals surface area contributed by atoms with Gasteiger partial charge in [0.25, 0.3) is 0 Å². The summed E-state index contributed by atoms with van der Waals surface area (Å²) in [4.78, 5) is 4.57. The van der Waals surface area contributed by atoms with Crippen molar-refractivity contribution in [3.8, 4) is 0 Å². The Kier molecular flexibility index (Phi) is 6.04. The lowest BCUT2D eigenvalue weighted by Gasteiger charge is -2.21. The normalized spacial score (nSPS) is 12.6. The lowest BCUT2D eigenvalue weighted by atomic mass is 10.1. The van der Waals surface area contributed by atoms with Crippen LogP contribution in [0.4, 0.5) is 0 Å². The van der Waals surface area contributed by atoms with Crippen LogP contribution >= 0.6 is 0 Å². The van der Waals surface area contributed by atoms with E-state index in [2.05, 4.69) is 34.7 Å². The molecule has 5 nitrogen and oxygen atoms in total. The first kappa shape index (κ1) is 17.3. The molecule has 1 aromatic heterocycles. The summed E-state index contributed by atoms with van der Waals surface area (Å²) < 4.78 is 11.2. The summed E-state index contributed by atoms with van der Waals surface area (Å²) in [6.45, 7) is 8.28. The highest BCUT2D eigenvalue weighted by Crippen LogP contribution is 2.18. The zero-order valence-electron chi connectivity index (χ0n) is 14.5. The number of furan rings is 1. The van der Waals surface area contributed by atoms with Crippen LogP contribution in [0.2, 0.25) is 0 Å². The van der Waals surface area contributed by atoms with Gasteiger partial charge in [0, 0.05) is 32.0 Å². The van der Waals surface area contributed by atoms with Crippen LogP contribution in [0.25, 0.3) is 11.0 Å². The van der Waals surface area contributed by atoms with Crippen molar-refractivity contribution in [2.24, 2.45) is 4.99 Å². The third kappa shape index (κ3) is 5.28. The second kappa shape index (κ2) is 8.02. The van der Waals surface area contributed by atoms with Gasteiger partial charge >= 0.3 is 0 Å². The van der Waals surface area contributed by atoms with Gasteiger partial charge in [-0.05, 0) is 32.9 Å². The van der Waals surface area contributed by atoms with Gasteiger partial charge in [-0.15, -0.1) is 0 Å². The maximum absolute atomic E-state index is 5.82. The van der Waals surface area contributed by atoms with E-state index in [1.54, 1.807) is 7.11 Å². The summed E-state index contributed by atoms with van der Waals surface area (Å²) >= 11 is 0. The number of nitrogens with one attached hydrogen (secondary N) is 2. The predicted octanol–water partition coefficient (Wildman–Crippen LogP) is 2.96. The van der Waals surface area contributed by atoms with Crippen LogP contribution in [0.3, 0.4) is 0 Å². The molecule has 0 fully saturated rings. The lowest BCUT2D eigenvalue weighted by Crippen LogP contribution is -2.40. The molecule has 2 rings (SSSR count). The molecule has 0 radical (unpaired) electrons. The molecule has 0 saturated carbocycles. The van der Waals surface area contributed by atoms with Crippen LogP contribution in [0.5, 0.6) is 0 Å². The topological polar surface area (TPSA) is 58.8 Å². The van der Waals surface area contributed by atoms with Crippen LogP contribution in [0.15, 0.2) is 39.7 Å². The molecule has 23 heavy (non-hydrogen) atoms. The van der Waals surface area contributed by atoms with Crippen molar-refractivity contribution in [2.75, 3.05) is 26.7 Å². The number of benzene rings is 1. The quantitative estimate of drug-likeness (QED) is 0.609. The van der Waals surface area contributed by atoms with Crippen LogP contribution in [0.1, 0.15) is 26.5 Å². The second-order valence-electron chi connectivity index (χ2n) is 6.09. The summed E-state index contributed by atoms with van der Waals surface area (Å²) in [5, 5.41) is 7.72. The van der Waals surface area contributed by atoms with Gasteiger partial charge in [-0.2, -0.15) is 0 Å². The molecular formula is C18H27N3O2. The summed E-state index contributed by atoms with van der Waals surface area (Å²) in [7, 11) is 1.71. The molecule has 0 aliphatic heterocycles. The molecule has 2 N–H and O–H groups in total. The van der Waals surface area contributed by atoms with Crippen molar-refractivity contribution in [3.63, 3.8) is 0 Å². The van der Waals surface area contributed by atoms with Gasteiger partial charge in [0.05, 0.1) is 12.1 Å². The number of hydrogen-bond donors (Lipinski definition) is 2. The molecule has 0 amide bonds. The molecule has 1 heterocycles. The third-order valence-electron chi connectivity index (χ3n) is 3.66. The molecule has 0 bridgehead atoms. The van der Waals surface area contributed by atoms with Crippen molar-refractivity contribution < 1.29 is 9.15 Å². The largest absolute Gasteiger partial charge is 0.461 e. The Balaban J connectivity index is 1.89. The van der Waals surface area contributed by atoms with Crippen LogP contribution in [0, 0.1) is 0 Å². The Morgan fingerprint density at radius 3 is 2.74 bits per heavy atom. The van der Waals surface area contributed by atoms with Crippen LogP contribution < -0.4 is 10.6 Å². The molecule has 0 atom stereocenters. The number of nitrogens with zero attached hydrogens (tertiary/aromatic N) is 1. The molecule has 1 aromatic carbocycles. The zero-order valence-corrected chi connectivity index (χ0v) is 14.5. The summed E-state index contributed by atoms with van der Waals surface area (Å²) in [6.07, 6.45) is 0.812. The maximum atomic E-state index is 5.82. The second-order valence-corrected chi connectivity index (χ2v) is 6.09. The first-order valence-corrected chi connectivity index (χ1v) is 8.09. The first-order valence-electron chi connectivity index (χ1n) is 8.09. The minimum absolute atomic E-state index is 0.263. The van der Waals surface area contributed by atoms with Crippen LogP contribution in [-0.2, 0) is 11.2 Å². The van der Waals surface area contributed by atoms with Gasteiger partial charge in [0.15, 0.2) is 5.96 Å². The van der Waals surface area contributed by atoms with Gasteiger partial charge in [0.1, 0.15) is 11.3 Å². The number of hydrogen-bond acceptors (Lipinski definition) is 3. The fourth-order valence-electron chi connectivity index (χ4n) is 2.14. The highest BCUT2D eigenvalue weighted by molar-refractivity contribution is 5.80. The molecule has 2 aromatic rings. The van der Waals surface area contributed by atoms with E-state index >= 15 is 0 Å². The fourth-order valence-corrected chi connectivity index (χ4v) is 2.14. The monoisotopic (exact) mass is 317 g/mol. The lowest BCUT2D eigenvalue weighted by molar-refractivity contribution is 0.0310. The number of aliphatic imine (C=N–C) groups is 1. The van der Waals surface area contributed by atoms with Gasteiger partial charge in [0.2, 0.25) is 0 Å². The van der Waals surface area contributed by atoms with Crippen molar-refractivity contribution in [2.45, 2.75) is 32.8 Å². The SMILES string of the molecule is CCNC(=NCC(C)(C)OC)NCCc1cc2ccccc2o1. The van der Waals surface area contributed by atoms with E-state index in [0.717, 1.165) is 42.2 Å². The van der Waals surface area contributed by atoms with Gasteiger partial charge in [-0.3, -0.25) is 4.99 Å². The Morgan fingerprint density at radius 1 is 1.26 bits per heavy atom. The van der Waals surface area contributed by atoms with E-state index < -0.39 is 0 Å². The van der Waals surface area contributed by atoms with E-state index in [1.807, 2.05) is 32.0 Å². The van der Waals surface area contributed by atoms with E-state index in [-0.39, 0.29) is 5.60 Å². The third-order valence-corrected chi connectivity index (χ3v) is 3.66. The van der Waals surface area contributed by atoms with Gasteiger partial charge in [-0.25, -0.2) is 0 Å². The van der Waals surface area contributed by atoms with E-state index in [1.165, 1.54) is 0 Å². The number of guanidine groups is 1. The number of para-hydroxylation sites is 1. The average Bonchev–Trinajstić information content (AvgIpc) is 2.95. The minimum Gasteiger partial charge on any atom is -0.461 e. The summed E-state index contributed by atoms with van der Waals surface area (Å²) in [5.74, 6) is 1.78. The van der Waals surface area contributed by atoms with E-state index in [4.69, 9.17) is 9.15 Å². The molecule has 0 aliphatic carbocycles. The zero-order chi connectivity index (χ0) is 16.7. The molecule has 0 unspecified atom stereocenters. The predicted molar refractivity (Wildman–Crippen MR) is 95.0 cm³/mol. The number of methoxy groups -OCH3 is 1. The molecule has 0 spiro atoms. The Morgan fingerprint density at radius 2 is 2.04 bits per heavy atom. The smallest absolute Gasteiger partial charge is 0.191 e. The Bertz CT molecular complexity index is 614. The van der Waals surface area contributed by atoms with Gasteiger partial charge < -0.3 is 19.8 Å². The molecule has 0 saturated heterocycles. The molecular weight excluding hydrogens is 290 g/mol. The Labute approximate surface area is 138 Å². The van der Waals surface area contributed by atoms with E-state index in [9.17, 15) is 0 Å². The molecule has 5 heteroatoms. The van der Waals surface area contributed by atoms with E-state index in [0.29, 0.717) is 6.54 Å². The van der Waals surface area contributed by atoms with Gasteiger partial charge in [-0.1, -0.05) is 18.2 Å². The minimum atomic E-state index is -0.263. The summed E-state index contributed by atoms with van der Waals surface area (Å²) in [6, 6.07) is 10.2. The number of ether oxygens (including phenoxy) is 1. The highest BCUT2D eigenvalue weighted by Gasteiger charge is 2.15. The first-order chi connectivity index (χ1) is 11.0. The highest BCUT2D eigenvalue weighted by atomic mass is 16.5. The van der Waals surface area contributed by atoms with Crippen molar-refractivity contribution in [1.29, 1.82) is 0 Å². The van der Waals surface area contributed by atoms with Crippen molar-refractivity contribution in [1.82, 2.24) is 10.6 Å². The molecule has 126 valence electrons. The Hall–Kier alpha value is -2.01. The van der Waals surface area contributed by atoms with Crippen molar-refractivity contribution in [3.05, 3.63) is 36.1 Å². The van der Waals surface area contributed by atoms with Crippen molar-refractivity contribution >= 4 is 16.9 Å². The number of rotatable bonds is 7. The average molecular weight is 317 g/mol. The molecule has 0 aliphatic rings. The standard InChI is InChI=1S/C18H27N3O2/c1-5-19-17(21-13-18(2,3)22-4)20-11-10-15-12-14-8-6-7-9-16(14)23-15/h6-9,12H,5,10-11,13H2,1-4H3,(H2,19,20,21). The van der Waals surface area contributed by atoms with Crippen LogP contribution in [-0.4, -0.2) is 38.3 Å². The number of fused-ring (bicyclic) bond motifs is 1. The summed E-state index contributed by atoms with van der Waals surface area (Å²) in [5.41, 5.74) is 0.672. The fraction of sp³-hybridized carbons (Fsp3) is 0.500. The maximum Gasteiger partial charge on any atom is 0.191 e.